The van der Waals surface area contributed by atoms with Gasteiger partial charge in [0.25, 0.3) is 11.8 Å². The summed E-state index contributed by atoms with van der Waals surface area (Å²) < 4.78 is 5.20. The third-order valence-corrected chi connectivity index (χ3v) is 3.90. The first kappa shape index (κ1) is 18.9. The Bertz CT molecular complexity index is 964. The molecule has 0 atom stereocenters. The van der Waals surface area contributed by atoms with Crippen LogP contribution in [0.3, 0.4) is 0 Å². The minimum atomic E-state index is -0.318. The number of carbonyl (C=O) groups is 2. The van der Waals surface area contributed by atoms with Gasteiger partial charge in [0.15, 0.2) is 0 Å². The fraction of sp³-hybridized carbons (Fsp3) is 0.0952. The number of anilines is 1. The van der Waals surface area contributed by atoms with E-state index in [2.05, 4.69) is 20.6 Å². The quantitative estimate of drug-likeness (QED) is 0.487. The van der Waals surface area contributed by atoms with E-state index in [-0.39, 0.29) is 18.4 Å². The molecule has 142 valence electrons. The van der Waals surface area contributed by atoms with Crippen LogP contribution in [0.25, 0.3) is 0 Å². The third kappa shape index (κ3) is 4.85. The van der Waals surface area contributed by atoms with Crippen LogP contribution in [0, 0.1) is 0 Å². The van der Waals surface area contributed by atoms with Crippen LogP contribution in [0.4, 0.5) is 5.69 Å². The SMILES string of the molecule is CO/N=C/c1ccc(C(=O)Nc2ccccc2C(=O)NCc2ccco2)cc1. The van der Waals surface area contributed by atoms with E-state index in [1.165, 1.54) is 7.11 Å². The van der Waals surface area contributed by atoms with Crippen LogP contribution in [0.15, 0.2) is 76.5 Å². The number of oxime groups is 1. The summed E-state index contributed by atoms with van der Waals surface area (Å²) in [6, 6.07) is 17.2. The Morgan fingerprint density at radius 3 is 2.54 bits per heavy atom. The maximum absolute atomic E-state index is 12.5. The molecule has 0 spiro atoms. The molecule has 0 aliphatic heterocycles. The highest BCUT2D eigenvalue weighted by Gasteiger charge is 2.14. The molecule has 1 heterocycles. The molecule has 28 heavy (non-hydrogen) atoms. The second-order valence-corrected chi connectivity index (χ2v) is 5.80. The second-order valence-electron chi connectivity index (χ2n) is 5.80. The Labute approximate surface area is 162 Å². The van der Waals surface area contributed by atoms with Gasteiger partial charge in [-0.05, 0) is 42.0 Å². The highest BCUT2D eigenvalue weighted by atomic mass is 16.6. The van der Waals surface area contributed by atoms with Gasteiger partial charge in [0.1, 0.15) is 12.9 Å². The van der Waals surface area contributed by atoms with Crippen molar-refractivity contribution in [2.75, 3.05) is 12.4 Å². The number of amides is 2. The average molecular weight is 377 g/mol. The summed E-state index contributed by atoms with van der Waals surface area (Å²) >= 11 is 0. The standard InChI is InChI=1S/C21H19N3O4/c1-27-23-13-15-8-10-16(11-9-15)20(25)24-19-7-3-2-6-18(19)21(26)22-14-17-5-4-12-28-17/h2-13H,14H2,1H3,(H,22,26)(H,24,25)/b23-13+. The molecule has 0 radical (unpaired) electrons. The summed E-state index contributed by atoms with van der Waals surface area (Å²) in [5.74, 6) is 0.0203. The number of nitrogens with zero attached hydrogens (tertiary/aromatic N) is 1. The summed E-state index contributed by atoms with van der Waals surface area (Å²) in [6.45, 7) is 0.263. The number of benzene rings is 2. The molecule has 0 bridgehead atoms. The Balaban J connectivity index is 1.69. The molecular weight excluding hydrogens is 358 g/mol. The Kier molecular flexibility index (Phi) is 6.20. The fourth-order valence-electron chi connectivity index (χ4n) is 2.49. The molecule has 7 nitrogen and oxygen atoms in total. The maximum Gasteiger partial charge on any atom is 0.255 e. The second kappa shape index (κ2) is 9.18. The molecule has 0 saturated heterocycles. The van der Waals surface area contributed by atoms with Crippen LogP contribution in [-0.4, -0.2) is 25.1 Å². The monoisotopic (exact) mass is 377 g/mol. The first-order valence-corrected chi connectivity index (χ1v) is 8.55. The number of carbonyl (C=O) groups excluding carboxylic acids is 2. The van der Waals surface area contributed by atoms with Gasteiger partial charge in [0.05, 0.1) is 30.3 Å². The van der Waals surface area contributed by atoms with E-state index in [0.29, 0.717) is 22.6 Å². The highest BCUT2D eigenvalue weighted by molar-refractivity contribution is 6.09. The van der Waals surface area contributed by atoms with E-state index in [4.69, 9.17) is 4.42 Å². The molecule has 0 aliphatic carbocycles. The van der Waals surface area contributed by atoms with E-state index in [1.807, 2.05) is 0 Å². The lowest BCUT2D eigenvalue weighted by Gasteiger charge is -2.11. The zero-order valence-corrected chi connectivity index (χ0v) is 15.2. The highest BCUT2D eigenvalue weighted by Crippen LogP contribution is 2.17. The number of furan rings is 1. The van der Waals surface area contributed by atoms with Crippen LogP contribution < -0.4 is 10.6 Å². The van der Waals surface area contributed by atoms with Crippen LogP contribution in [-0.2, 0) is 11.4 Å². The van der Waals surface area contributed by atoms with Gasteiger partial charge in [0.2, 0.25) is 0 Å². The minimum absolute atomic E-state index is 0.263. The lowest BCUT2D eigenvalue weighted by atomic mass is 10.1. The van der Waals surface area contributed by atoms with E-state index in [0.717, 1.165) is 5.56 Å². The Hall–Kier alpha value is -3.87. The summed E-state index contributed by atoms with van der Waals surface area (Å²) in [7, 11) is 1.46. The first-order valence-electron chi connectivity index (χ1n) is 8.55. The zero-order chi connectivity index (χ0) is 19.8. The lowest BCUT2D eigenvalue weighted by Crippen LogP contribution is -2.24. The zero-order valence-electron chi connectivity index (χ0n) is 15.2. The maximum atomic E-state index is 12.5. The molecule has 0 unspecified atom stereocenters. The van der Waals surface area contributed by atoms with Crippen LogP contribution in [0.2, 0.25) is 0 Å². The molecule has 2 aromatic carbocycles. The van der Waals surface area contributed by atoms with Gasteiger partial charge in [-0.1, -0.05) is 29.4 Å². The Morgan fingerprint density at radius 2 is 1.82 bits per heavy atom. The van der Waals surface area contributed by atoms with E-state index in [9.17, 15) is 9.59 Å². The number of nitrogens with one attached hydrogen (secondary N) is 2. The van der Waals surface area contributed by atoms with Crippen molar-refractivity contribution >= 4 is 23.7 Å². The Morgan fingerprint density at radius 1 is 1.04 bits per heavy atom. The molecule has 2 N–H and O–H groups in total. The van der Waals surface area contributed by atoms with Crippen molar-refractivity contribution in [3.8, 4) is 0 Å². The van der Waals surface area contributed by atoms with Crippen molar-refractivity contribution in [3.05, 3.63) is 89.4 Å². The molecular formula is C21H19N3O4. The minimum Gasteiger partial charge on any atom is -0.467 e. The van der Waals surface area contributed by atoms with Crippen molar-refractivity contribution in [1.29, 1.82) is 0 Å². The topological polar surface area (TPSA) is 92.9 Å². The van der Waals surface area contributed by atoms with Gasteiger partial charge in [-0.3, -0.25) is 9.59 Å². The molecule has 3 aromatic rings. The van der Waals surface area contributed by atoms with E-state index < -0.39 is 0 Å². The van der Waals surface area contributed by atoms with Gasteiger partial charge in [0, 0.05) is 5.56 Å². The van der Waals surface area contributed by atoms with E-state index in [1.54, 1.807) is 73.1 Å². The van der Waals surface area contributed by atoms with Gasteiger partial charge < -0.3 is 19.9 Å². The number of hydrogen-bond acceptors (Lipinski definition) is 5. The molecule has 0 fully saturated rings. The summed E-state index contributed by atoms with van der Waals surface area (Å²) in [4.78, 5) is 29.7. The van der Waals surface area contributed by atoms with Crippen LogP contribution >= 0.6 is 0 Å². The normalized spacial score (nSPS) is 10.6. The summed E-state index contributed by atoms with van der Waals surface area (Å²) in [5, 5.41) is 9.23. The molecule has 0 saturated carbocycles. The molecule has 0 aliphatic rings. The van der Waals surface area contributed by atoms with Crippen molar-refractivity contribution in [1.82, 2.24) is 5.32 Å². The fourth-order valence-corrected chi connectivity index (χ4v) is 2.49. The number of hydrogen-bond donors (Lipinski definition) is 2. The first-order chi connectivity index (χ1) is 13.7. The predicted octanol–water partition coefficient (Wildman–Crippen LogP) is 3.44. The summed E-state index contributed by atoms with van der Waals surface area (Å²) in [6.07, 6.45) is 3.09. The molecule has 1 aromatic heterocycles. The van der Waals surface area contributed by atoms with E-state index >= 15 is 0 Å². The van der Waals surface area contributed by atoms with Crippen LogP contribution in [0.1, 0.15) is 32.0 Å². The lowest BCUT2D eigenvalue weighted by molar-refractivity contribution is 0.0949. The van der Waals surface area contributed by atoms with Crippen molar-refractivity contribution in [2.24, 2.45) is 5.16 Å². The molecule has 7 heteroatoms. The van der Waals surface area contributed by atoms with Crippen LogP contribution in [0.5, 0.6) is 0 Å². The van der Waals surface area contributed by atoms with Gasteiger partial charge in [-0.2, -0.15) is 0 Å². The third-order valence-electron chi connectivity index (χ3n) is 3.90. The smallest absolute Gasteiger partial charge is 0.255 e. The van der Waals surface area contributed by atoms with Crippen molar-refractivity contribution < 1.29 is 18.8 Å². The largest absolute Gasteiger partial charge is 0.467 e. The molecule has 2 amide bonds. The van der Waals surface area contributed by atoms with Gasteiger partial charge in [-0.25, -0.2) is 0 Å². The average Bonchev–Trinajstić information content (AvgIpc) is 3.25. The van der Waals surface area contributed by atoms with Gasteiger partial charge in [-0.15, -0.1) is 0 Å². The van der Waals surface area contributed by atoms with Gasteiger partial charge >= 0.3 is 0 Å². The van der Waals surface area contributed by atoms with Crippen molar-refractivity contribution in [2.45, 2.75) is 6.54 Å². The number of rotatable bonds is 7. The molecule has 3 rings (SSSR count). The van der Waals surface area contributed by atoms with Crippen molar-refractivity contribution in [3.63, 3.8) is 0 Å². The summed E-state index contributed by atoms with van der Waals surface area (Å²) in [5.41, 5.74) is 2.05. The number of para-hydroxylation sites is 1. The predicted molar refractivity (Wildman–Crippen MR) is 105 cm³/mol.